The van der Waals surface area contributed by atoms with Crippen LogP contribution in [0.4, 0.5) is 5.13 Å². The molecule has 4 nitrogen and oxygen atoms in total. The van der Waals surface area contributed by atoms with Crippen LogP contribution in [-0.2, 0) is 0 Å². The molecular formula is C12H14N4S. The minimum Gasteiger partial charge on any atom is -0.346 e. The van der Waals surface area contributed by atoms with E-state index >= 15 is 0 Å². The maximum Gasteiger partial charge on any atom is 0.185 e. The number of hydrogen-bond donors (Lipinski definition) is 1. The van der Waals surface area contributed by atoms with Crippen LogP contribution >= 0.6 is 11.3 Å². The van der Waals surface area contributed by atoms with Crippen molar-refractivity contribution in [2.75, 3.05) is 31.1 Å². The summed E-state index contributed by atoms with van der Waals surface area (Å²) in [7, 11) is 0. The van der Waals surface area contributed by atoms with Gasteiger partial charge in [0, 0.05) is 44.8 Å². The number of aromatic nitrogens is 2. The monoisotopic (exact) mass is 246 g/mol. The van der Waals surface area contributed by atoms with Crippen molar-refractivity contribution >= 4 is 16.5 Å². The molecule has 2 aromatic heterocycles. The fourth-order valence-corrected chi connectivity index (χ4v) is 2.89. The van der Waals surface area contributed by atoms with E-state index in [4.69, 9.17) is 0 Å². The zero-order valence-corrected chi connectivity index (χ0v) is 10.3. The Morgan fingerprint density at radius 3 is 2.71 bits per heavy atom. The standard InChI is InChI=1S/C12H14N4S/c1-3-13-4-2-10(1)11-9-15-12(17-11)16-7-5-14-6-8-16/h1-4,9,14H,5-8H2. The van der Waals surface area contributed by atoms with E-state index in [1.54, 1.807) is 11.3 Å². The van der Waals surface area contributed by atoms with Gasteiger partial charge in [0.05, 0.1) is 4.88 Å². The van der Waals surface area contributed by atoms with Gasteiger partial charge in [-0.3, -0.25) is 4.98 Å². The molecule has 0 saturated carbocycles. The van der Waals surface area contributed by atoms with Crippen LogP contribution in [0.5, 0.6) is 0 Å². The van der Waals surface area contributed by atoms with E-state index in [0.717, 1.165) is 31.3 Å². The molecule has 17 heavy (non-hydrogen) atoms. The van der Waals surface area contributed by atoms with Crippen LogP contribution < -0.4 is 10.2 Å². The highest BCUT2D eigenvalue weighted by Crippen LogP contribution is 2.30. The van der Waals surface area contributed by atoms with E-state index in [1.807, 2.05) is 30.7 Å². The molecule has 0 aliphatic carbocycles. The molecular weight excluding hydrogens is 232 g/mol. The van der Waals surface area contributed by atoms with Crippen LogP contribution in [0.2, 0.25) is 0 Å². The Labute approximate surface area is 104 Å². The third-order valence-electron chi connectivity index (χ3n) is 2.85. The molecule has 88 valence electrons. The summed E-state index contributed by atoms with van der Waals surface area (Å²) in [5.74, 6) is 0. The van der Waals surface area contributed by atoms with Crippen molar-refractivity contribution in [1.29, 1.82) is 0 Å². The SMILES string of the molecule is c1cc(-c2cnc(N3CCNCC3)s2)ccn1. The van der Waals surface area contributed by atoms with Crippen molar-refractivity contribution in [3.63, 3.8) is 0 Å². The summed E-state index contributed by atoms with van der Waals surface area (Å²) >= 11 is 1.75. The first-order chi connectivity index (χ1) is 8.43. The van der Waals surface area contributed by atoms with Crippen LogP contribution in [0.15, 0.2) is 30.7 Å². The van der Waals surface area contributed by atoms with Gasteiger partial charge >= 0.3 is 0 Å². The second kappa shape index (κ2) is 4.81. The van der Waals surface area contributed by atoms with Gasteiger partial charge in [-0.25, -0.2) is 4.98 Å². The Hall–Kier alpha value is -1.46. The number of nitrogens with zero attached hydrogens (tertiary/aromatic N) is 3. The summed E-state index contributed by atoms with van der Waals surface area (Å²) in [6.07, 6.45) is 5.59. The predicted octanol–water partition coefficient (Wildman–Crippen LogP) is 1.61. The predicted molar refractivity (Wildman–Crippen MR) is 70.4 cm³/mol. The largest absolute Gasteiger partial charge is 0.346 e. The number of thiazole rings is 1. The van der Waals surface area contributed by atoms with E-state index in [2.05, 4.69) is 20.2 Å². The molecule has 1 aliphatic rings. The first-order valence-corrected chi connectivity index (χ1v) is 6.57. The van der Waals surface area contributed by atoms with Crippen molar-refractivity contribution < 1.29 is 0 Å². The maximum atomic E-state index is 4.51. The number of pyridine rings is 1. The molecule has 0 radical (unpaired) electrons. The van der Waals surface area contributed by atoms with Gasteiger partial charge in [0.15, 0.2) is 5.13 Å². The summed E-state index contributed by atoms with van der Waals surface area (Å²) in [5, 5.41) is 4.47. The fraction of sp³-hybridized carbons (Fsp3) is 0.333. The van der Waals surface area contributed by atoms with E-state index in [0.29, 0.717) is 0 Å². The molecule has 0 spiro atoms. The van der Waals surface area contributed by atoms with Gasteiger partial charge in [-0.2, -0.15) is 0 Å². The lowest BCUT2D eigenvalue weighted by Crippen LogP contribution is -2.43. The van der Waals surface area contributed by atoms with E-state index < -0.39 is 0 Å². The molecule has 0 bridgehead atoms. The lowest BCUT2D eigenvalue weighted by Gasteiger charge is -2.26. The molecule has 1 saturated heterocycles. The number of hydrogen-bond acceptors (Lipinski definition) is 5. The molecule has 2 aromatic rings. The number of piperazine rings is 1. The number of nitrogens with one attached hydrogen (secondary N) is 1. The van der Waals surface area contributed by atoms with Crippen molar-refractivity contribution in [2.45, 2.75) is 0 Å². The van der Waals surface area contributed by atoms with Crippen molar-refractivity contribution in [1.82, 2.24) is 15.3 Å². The summed E-state index contributed by atoms with van der Waals surface area (Å²) in [6.45, 7) is 4.18. The Balaban J connectivity index is 1.83. The van der Waals surface area contributed by atoms with Gasteiger partial charge in [-0.1, -0.05) is 11.3 Å². The second-order valence-corrected chi connectivity index (χ2v) is 4.99. The van der Waals surface area contributed by atoms with Crippen molar-refractivity contribution in [2.24, 2.45) is 0 Å². The highest BCUT2D eigenvalue weighted by molar-refractivity contribution is 7.18. The van der Waals surface area contributed by atoms with Crippen LogP contribution in [0.1, 0.15) is 0 Å². The van der Waals surface area contributed by atoms with E-state index in [-0.39, 0.29) is 0 Å². The lowest BCUT2D eigenvalue weighted by atomic mass is 10.2. The molecule has 0 unspecified atom stereocenters. The molecule has 1 N–H and O–H groups in total. The average molecular weight is 246 g/mol. The van der Waals surface area contributed by atoms with Crippen LogP contribution in [-0.4, -0.2) is 36.1 Å². The molecule has 3 rings (SSSR count). The molecule has 3 heterocycles. The highest BCUT2D eigenvalue weighted by Gasteiger charge is 2.14. The highest BCUT2D eigenvalue weighted by atomic mass is 32.1. The minimum absolute atomic E-state index is 1.04. The Kier molecular flexibility index (Phi) is 3.02. The molecule has 5 heteroatoms. The third kappa shape index (κ3) is 2.30. The maximum absolute atomic E-state index is 4.51. The van der Waals surface area contributed by atoms with Gasteiger partial charge in [0.1, 0.15) is 0 Å². The second-order valence-electron chi connectivity index (χ2n) is 3.98. The quantitative estimate of drug-likeness (QED) is 0.874. The topological polar surface area (TPSA) is 41.1 Å². The Morgan fingerprint density at radius 1 is 1.18 bits per heavy atom. The molecule has 1 fully saturated rings. The Bertz CT molecular complexity index is 476. The summed E-state index contributed by atoms with van der Waals surface area (Å²) < 4.78 is 0. The molecule has 0 aromatic carbocycles. The zero-order chi connectivity index (χ0) is 11.5. The van der Waals surface area contributed by atoms with Gasteiger partial charge in [-0.05, 0) is 17.7 Å². The first-order valence-electron chi connectivity index (χ1n) is 5.75. The summed E-state index contributed by atoms with van der Waals surface area (Å²) in [5.41, 5.74) is 1.19. The average Bonchev–Trinajstić information content (AvgIpc) is 2.90. The lowest BCUT2D eigenvalue weighted by molar-refractivity contribution is 0.588. The smallest absolute Gasteiger partial charge is 0.185 e. The third-order valence-corrected chi connectivity index (χ3v) is 3.95. The van der Waals surface area contributed by atoms with Gasteiger partial charge in [0.25, 0.3) is 0 Å². The van der Waals surface area contributed by atoms with Crippen LogP contribution in [0.25, 0.3) is 10.4 Å². The molecule has 0 amide bonds. The first kappa shape index (κ1) is 10.7. The normalized spacial score (nSPS) is 16.1. The number of anilines is 1. The Morgan fingerprint density at radius 2 is 1.94 bits per heavy atom. The van der Waals surface area contributed by atoms with Crippen LogP contribution in [0, 0.1) is 0 Å². The van der Waals surface area contributed by atoms with Crippen LogP contribution in [0.3, 0.4) is 0 Å². The summed E-state index contributed by atoms with van der Waals surface area (Å²) in [6, 6.07) is 4.05. The molecule has 1 aliphatic heterocycles. The van der Waals surface area contributed by atoms with E-state index in [1.165, 1.54) is 10.4 Å². The van der Waals surface area contributed by atoms with Gasteiger partial charge in [-0.15, -0.1) is 0 Å². The number of rotatable bonds is 2. The summed E-state index contributed by atoms with van der Waals surface area (Å²) in [4.78, 5) is 12.1. The van der Waals surface area contributed by atoms with Crippen molar-refractivity contribution in [3.8, 4) is 10.4 Å². The van der Waals surface area contributed by atoms with E-state index in [9.17, 15) is 0 Å². The molecule has 0 atom stereocenters. The fourth-order valence-electron chi connectivity index (χ4n) is 1.92. The van der Waals surface area contributed by atoms with Gasteiger partial charge < -0.3 is 10.2 Å². The minimum atomic E-state index is 1.04. The zero-order valence-electron chi connectivity index (χ0n) is 9.47. The van der Waals surface area contributed by atoms with Crippen molar-refractivity contribution in [3.05, 3.63) is 30.7 Å². The van der Waals surface area contributed by atoms with Gasteiger partial charge in [0.2, 0.25) is 0 Å².